The number of hydrogen-bond acceptors (Lipinski definition) is 2. The first-order valence-corrected chi connectivity index (χ1v) is 7.21. The first kappa shape index (κ1) is 11.3. The van der Waals surface area contributed by atoms with Crippen LogP contribution in [-0.2, 0) is 6.54 Å². The van der Waals surface area contributed by atoms with E-state index < -0.39 is 0 Å². The predicted molar refractivity (Wildman–Crippen MR) is 72.6 cm³/mol. The molecule has 1 aromatic carbocycles. The highest BCUT2D eigenvalue weighted by atomic mass is 32.2. The van der Waals surface area contributed by atoms with Crippen LogP contribution in [0.4, 0.5) is 4.39 Å². The molecule has 0 aliphatic heterocycles. The van der Waals surface area contributed by atoms with Gasteiger partial charge in [0.15, 0.2) is 4.77 Å². The van der Waals surface area contributed by atoms with Crippen LogP contribution in [-0.4, -0.2) is 20.6 Å². The third-order valence-electron chi connectivity index (χ3n) is 3.45. The second kappa shape index (κ2) is 3.85. The maximum atomic E-state index is 13.6. The fourth-order valence-electron chi connectivity index (χ4n) is 2.16. The molecule has 0 bridgehead atoms. The average Bonchev–Trinajstić information content (AvgIpc) is 3.02. The lowest BCUT2D eigenvalue weighted by atomic mass is 10.3. The summed E-state index contributed by atoms with van der Waals surface area (Å²) in [6.07, 6.45) is 4.57. The largest absolute Gasteiger partial charge is 0.328 e. The van der Waals surface area contributed by atoms with Gasteiger partial charge in [-0.15, -0.1) is 0 Å². The van der Waals surface area contributed by atoms with E-state index in [-0.39, 0.29) is 5.82 Å². The van der Waals surface area contributed by atoms with Gasteiger partial charge in [-0.3, -0.25) is 0 Å². The quantitative estimate of drug-likeness (QED) is 0.856. The van der Waals surface area contributed by atoms with Gasteiger partial charge in [-0.2, -0.15) is 11.8 Å². The van der Waals surface area contributed by atoms with E-state index in [1.165, 1.54) is 18.9 Å². The van der Waals surface area contributed by atoms with Crippen molar-refractivity contribution in [1.29, 1.82) is 0 Å². The van der Waals surface area contributed by atoms with E-state index in [1.54, 1.807) is 6.07 Å². The second-order valence-electron chi connectivity index (χ2n) is 4.54. The molecule has 3 rings (SSSR count). The van der Waals surface area contributed by atoms with Gasteiger partial charge in [-0.1, -0.05) is 6.07 Å². The maximum Gasteiger partial charge on any atom is 0.178 e. The van der Waals surface area contributed by atoms with Crippen molar-refractivity contribution in [3.63, 3.8) is 0 Å². The van der Waals surface area contributed by atoms with Crippen molar-refractivity contribution in [2.75, 3.05) is 6.26 Å². The summed E-state index contributed by atoms with van der Waals surface area (Å²) in [5.74, 6) is -0.235. The molecule has 5 heteroatoms. The van der Waals surface area contributed by atoms with Crippen molar-refractivity contribution in [3.8, 4) is 0 Å². The predicted octanol–water partition coefficient (Wildman–Crippen LogP) is 3.73. The molecule has 90 valence electrons. The van der Waals surface area contributed by atoms with Gasteiger partial charge in [0.05, 0.1) is 5.52 Å². The minimum Gasteiger partial charge on any atom is -0.328 e. The summed E-state index contributed by atoms with van der Waals surface area (Å²) in [7, 11) is 0. The minimum absolute atomic E-state index is 0.235. The lowest BCUT2D eigenvalue weighted by Crippen LogP contribution is -2.13. The molecule has 2 nitrogen and oxygen atoms in total. The smallest absolute Gasteiger partial charge is 0.178 e. The Bertz CT molecular complexity index is 625. The van der Waals surface area contributed by atoms with Gasteiger partial charge < -0.3 is 9.55 Å². The van der Waals surface area contributed by atoms with E-state index in [4.69, 9.17) is 12.2 Å². The summed E-state index contributed by atoms with van der Waals surface area (Å²) in [4.78, 5) is 2.96. The summed E-state index contributed by atoms with van der Waals surface area (Å²) >= 11 is 7.17. The Balaban J connectivity index is 2.13. The van der Waals surface area contributed by atoms with E-state index in [9.17, 15) is 4.39 Å². The molecule has 0 unspecified atom stereocenters. The number of aromatic amines is 1. The molecular weight excluding hydrogens is 255 g/mol. The first-order chi connectivity index (χ1) is 8.15. The summed E-state index contributed by atoms with van der Waals surface area (Å²) in [6.45, 7) is 0.871. The molecule has 1 fully saturated rings. The van der Waals surface area contributed by atoms with Gasteiger partial charge in [0.2, 0.25) is 0 Å². The Labute approximate surface area is 108 Å². The number of hydrogen-bond donors (Lipinski definition) is 1. The van der Waals surface area contributed by atoms with Crippen LogP contribution in [0.1, 0.15) is 12.8 Å². The van der Waals surface area contributed by atoms with Crippen LogP contribution in [0, 0.1) is 10.6 Å². The number of nitrogens with zero attached hydrogens (tertiary/aromatic N) is 1. The van der Waals surface area contributed by atoms with Gasteiger partial charge in [-0.25, -0.2) is 4.39 Å². The van der Waals surface area contributed by atoms with E-state index in [0.29, 0.717) is 15.0 Å². The SMILES string of the molecule is CSC1(Cn2c(=S)[nH]c3c(F)cccc32)CC1. The number of para-hydroxylation sites is 1. The maximum absolute atomic E-state index is 13.6. The van der Waals surface area contributed by atoms with Gasteiger partial charge in [-0.05, 0) is 43.4 Å². The third-order valence-corrected chi connectivity index (χ3v) is 5.17. The molecule has 1 aromatic heterocycles. The van der Waals surface area contributed by atoms with Crippen molar-refractivity contribution in [1.82, 2.24) is 9.55 Å². The van der Waals surface area contributed by atoms with Crippen LogP contribution >= 0.6 is 24.0 Å². The van der Waals surface area contributed by atoms with Gasteiger partial charge >= 0.3 is 0 Å². The molecule has 0 spiro atoms. The zero-order chi connectivity index (χ0) is 12.0. The zero-order valence-corrected chi connectivity index (χ0v) is 11.1. The summed E-state index contributed by atoms with van der Waals surface area (Å²) < 4.78 is 16.6. The highest BCUT2D eigenvalue weighted by molar-refractivity contribution is 8.00. The molecule has 1 aliphatic carbocycles. The first-order valence-electron chi connectivity index (χ1n) is 5.57. The molecular formula is C12H13FN2S2. The molecule has 17 heavy (non-hydrogen) atoms. The van der Waals surface area contributed by atoms with Crippen LogP contribution in [0.25, 0.3) is 11.0 Å². The molecule has 0 saturated heterocycles. The van der Waals surface area contributed by atoms with E-state index in [0.717, 1.165) is 12.1 Å². The van der Waals surface area contributed by atoms with Crippen LogP contribution in [0.3, 0.4) is 0 Å². The number of aromatic nitrogens is 2. The fraction of sp³-hybridized carbons (Fsp3) is 0.417. The van der Waals surface area contributed by atoms with Crippen molar-refractivity contribution in [2.45, 2.75) is 24.1 Å². The Kier molecular flexibility index (Phi) is 2.56. The monoisotopic (exact) mass is 268 g/mol. The molecule has 0 radical (unpaired) electrons. The molecule has 1 aliphatic rings. The van der Waals surface area contributed by atoms with Crippen LogP contribution in [0.15, 0.2) is 18.2 Å². The fourth-order valence-corrected chi connectivity index (χ4v) is 3.19. The number of fused-ring (bicyclic) bond motifs is 1. The highest BCUT2D eigenvalue weighted by Crippen LogP contribution is 2.48. The third kappa shape index (κ3) is 1.81. The van der Waals surface area contributed by atoms with Crippen molar-refractivity contribution in [3.05, 3.63) is 28.8 Å². The molecule has 0 amide bonds. The van der Waals surface area contributed by atoms with Crippen molar-refractivity contribution < 1.29 is 4.39 Å². The molecule has 2 aromatic rings. The van der Waals surface area contributed by atoms with E-state index >= 15 is 0 Å². The molecule has 0 atom stereocenters. The Morgan fingerprint density at radius 1 is 1.53 bits per heavy atom. The zero-order valence-electron chi connectivity index (χ0n) is 9.50. The normalized spacial score (nSPS) is 17.5. The van der Waals surface area contributed by atoms with Crippen LogP contribution in [0.5, 0.6) is 0 Å². The average molecular weight is 268 g/mol. The summed E-state index contributed by atoms with van der Waals surface area (Å²) in [6, 6.07) is 5.11. The van der Waals surface area contributed by atoms with E-state index in [1.807, 2.05) is 22.4 Å². The van der Waals surface area contributed by atoms with Crippen molar-refractivity contribution >= 4 is 35.0 Å². The number of thioether (sulfide) groups is 1. The summed E-state index contributed by atoms with van der Waals surface area (Å²) in [5, 5.41) is 0. The molecule has 1 saturated carbocycles. The number of rotatable bonds is 3. The Morgan fingerprint density at radius 2 is 2.29 bits per heavy atom. The van der Waals surface area contributed by atoms with Crippen molar-refractivity contribution in [2.24, 2.45) is 0 Å². The summed E-state index contributed by atoms with van der Waals surface area (Å²) in [5.41, 5.74) is 1.39. The minimum atomic E-state index is -0.235. The Hall–Kier alpha value is -0.810. The number of H-pyrrole nitrogens is 1. The Morgan fingerprint density at radius 3 is 2.94 bits per heavy atom. The second-order valence-corrected chi connectivity index (χ2v) is 6.20. The lowest BCUT2D eigenvalue weighted by Gasteiger charge is -2.13. The molecule has 1 heterocycles. The lowest BCUT2D eigenvalue weighted by molar-refractivity contribution is 0.637. The topological polar surface area (TPSA) is 20.7 Å². The standard InChI is InChI=1S/C12H13FN2S2/c1-17-12(5-6-12)7-15-9-4-2-3-8(13)10(9)14-11(15)16/h2-4H,5-7H2,1H3,(H,14,16). The van der Waals surface area contributed by atoms with Crippen LogP contribution < -0.4 is 0 Å². The van der Waals surface area contributed by atoms with Gasteiger partial charge in [0.25, 0.3) is 0 Å². The number of imidazole rings is 1. The van der Waals surface area contributed by atoms with Gasteiger partial charge in [0.1, 0.15) is 11.3 Å². The highest BCUT2D eigenvalue weighted by Gasteiger charge is 2.42. The molecule has 1 N–H and O–H groups in total. The van der Waals surface area contributed by atoms with Gasteiger partial charge in [0, 0.05) is 11.3 Å². The number of halogens is 1. The number of benzene rings is 1. The number of nitrogens with one attached hydrogen (secondary N) is 1. The van der Waals surface area contributed by atoms with E-state index in [2.05, 4.69) is 11.2 Å². The van der Waals surface area contributed by atoms with Crippen LogP contribution in [0.2, 0.25) is 0 Å².